The van der Waals surface area contributed by atoms with Gasteiger partial charge in [-0.1, -0.05) is 11.6 Å². The molecule has 3 aromatic rings. The number of aryl methyl sites for hydroxylation is 1. The minimum Gasteiger partial charge on any atom is -0.494 e. The van der Waals surface area contributed by atoms with Crippen molar-refractivity contribution in [3.8, 4) is 11.4 Å². The van der Waals surface area contributed by atoms with Gasteiger partial charge in [-0.15, -0.1) is 5.10 Å². The predicted octanol–water partition coefficient (Wildman–Crippen LogP) is 3.01. The van der Waals surface area contributed by atoms with Gasteiger partial charge in [0.05, 0.1) is 18.0 Å². The van der Waals surface area contributed by atoms with E-state index < -0.39 is 0 Å². The average molecular weight is 358 g/mol. The molecule has 25 heavy (non-hydrogen) atoms. The summed E-state index contributed by atoms with van der Waals surface area (Å²) in [6.07, 6.45) is 2.84. The number of nitrogens with zero attached hydrogens (tertiary/aromatic N) is 3. The molecule has 0 fully saturated rings. The molecule has 2 aromatic heterocycles. The number of hydrogen-bond acceptors (Lipinski definition) is 5. The van der Waals surface area contributed by atoms with E-state index in [1.807, 2.05) is 12.1 Å². The van der Waals surface area contributed by atoms with Crippen molar-refractivity contribution in [1.29, 1.82) is 0 Å². The van der Waals surface area contributed by atoms with Gasteiger partial charge in [0.1, 0.15) is 16.6 Å². The number of carbonyl (C=O) groups is 1. The second-order valence-electron chi connectivity index (χ2n) is 5.76. The summed E-state index contributed by atoms with van der Waals surface area (Å²) in [5.41, 5.74) is 3.43. The van der Waals surface area contributed by atoms with E-state index >= 15 is 0 Å². The lowest BCUT2D eigenvalue weighted by molar-refractivity contribution is -0.116. The predicted molar refractivity (Wildman–Crippen MR) is 96.9 cm³/mol. The molecule has 4 rings (SSSR count). The Balaban J connectivity index is 1.97. The van der Waals surface area contributed by atoms with Crippen molar-refractivity contribution in [2.24, 2.45) is 0 Å². The molecular weight excluding hydrogens is 342 g/mol. The Labute approximate surface area is 148 Å². The zero-order valence-electron chi connectivity index (χ0n) is 13.8. The van der Waals surface area contributed by atoms with E-state index in [-0.39, 0.29) is 5.91 Å². The number of rotatable bonds is 3. The monoisotopic (exact) mass is 357 g/mol. The number of nitrogens with one attached hydrogen (secondary N) is 2. The molecule has 1 aliphatic heterocycles. The smallest absolute Gasteiger partial charge is 0.224 e. The summed E-state index contributed by atoms with van der Waals surface area (Å²) in [7, 11) is 3.40. The Morgan fingerprint density at radius 3 is 2.92 bits per heavy atom. The van der Waals surface area contributed by atoms with Gasteiger partial charge in [0.2, 0.25) is 5.91 Å². The maximum absolute atomic E-state index is 11.6. The normalized spacial score (nSPS) is 13.5. The molecular formula is C17H16ClN5O2. The maximum atomic E-state index is 11.6. The highest BCUT2D eigenvalue weighted by Gasteiger charge is 2.21. The molecule has 2 N–H and O–H groups in total. The van der Waals surface area contributed by atoms with Crippen LogP contribution in [0.5, 0.6) is 5.75 Å². The molecule has 1 amide bonds. The average Bonchev–Trinajstić information content (AvgIpc) is 2.98. The second-order valence-corrected chi connectivity index (χ2v) is 6.15. The Morgan fingerprint density at radius 1 is 1.32 bits per heavy atom. The molecule has 8 heteroatoms. The highest BCUT2D eigenvalue weighted by molar-refractivity contribution is 6.30. The first kappa shape index (κ1) is 15.7. The number of anilines is 2. The summed E-state index contributed by atoms with van der Waals surface area (Å²) in [4.78, 5) is 15.8. The first-order valence-electron chi connectivity index (χ1n) is 7.84. The van der Waals surface area contributed by atoms with E-state index in [2.05, 4.69) is 20.7 Å². The molecule has 0 unspecified atom stereocenters. The zero-order valence-corrected chi connectivity index (χ0v) is 14.5. The van der Waals surface area contributed by atoms with Gasteiger partial charge < -0.3 is 15.4 Å². The lowest BCUT2D eigenvalue weighted by atomic mass is 10.0. The molecule has 0 radical (unpaired) electrons. The summed E-state index contributed by atoms with van der Waals surface area (Å²) >= 11 is 6.08. The number of benzene rings is 1. The standard InChI is InChI=1S/C17H16ClN5O2/c1-19-17-10-8-20-15(18)7-12(10)23(22-17)13-5-9-3-4-16(24)21-11(9)6-14(13)25-2/h5-8H,3-4H2,1-2H3,(H,19,22)(H,21,24). The number of aromatic nitrogens is 3. The fourth-order valence-electron chi connectivity index (χ4n) is 3.08. The number of fused-ring (bicyclic) bond motifs is 2. The molecule has 1 aromatic carbocycles. The summed E-state index contributed by atoms with van der Waals surface area (Å²) in [6, 6.07) is 5.59. The minimum absolute atomic E-state index is 0.0159. The van der Waals surface area contributed by atoms with Gasteiger partial charge in [-0.05, 0) is 18.1 Å². The van der Waals surface area contributed by atoms with Gasteiger partial charge in [0, 0.05) is 37.5 Å². The largest absolute Gasteiger partial charge is 0.494 e. The van der Waals surface area contributed by atoms with Gasteiger partial charge in [0.25, 0.3) is 0 Å². The van der Waals surface area contributed by atoms with Crippen LogP contribution in [0.1, 0.15) is 12.0 Å². The first-order valence-corrected chi connectivity index (χ1v) is 8.21. The Hall–Kier alpha value is -2.80. The van der Waals surface area contributed by atoms with Crippen LogP contribution in [0.15, 0.2) is 24.4 Å². The van der Waals surface area contributed by atoms with Crippen LogP contribution in [0.25, 0.3) is 16.6 Å². The van der Waals surface area contributed by atoms with Gasteiger partial charge in [-0.2, -0.15) is 0 Å². The van der Waals surface area contributed by atoms with Crippen molar-refractivity contribution in [1.82, 2.24) is 14.8 Å². The summed E-state index contributed by atoms with van der Waals surface area (Å²) in [5.74, 6) is 1.33. The van der Waals surface area contributed by atoms with Crippen molar-refractivity contribution in [2.75, 3.05) is 24.8 Å². The number of carbonyl (C=O) groups excluding carboxylic acids is 1. The van der Waals surface area contributed by atoms with E-state index in [4.69, 9.17) is 16.3 Å². The lowest BCUT2D eigenvalue weighted by Gasteiger charge is -2.20. The van der Waals surface area contributed by atoms with Crippen LogP contribution >= 0.6 is 11.6 Å². The van der Waals surface area contributed by atoms with Gasteiger partial charge in [-0.3, -0.25) is 4.79 Å². The molecule has 0 bridgehead atoms. The third-order valence-corrected chi connectivity index (χ3v) is 4.50. The number of amides is 1. The van der Waals surface area contributed by atoms with Crippen molar-refractivity contribution in [2.45, 2.75) is 12.8 Å². The fourth-order valence-corrected chi connectivity index (χ4v) is 3.23. The Bertz CT molecular complexity index is 998. The van der Waals surface area contributed by atoms with Crippen LogP contribution in [0.3, 0.4) is 0 Å². The number of hydrogen-bond donors (Lipinski definition) is 2. The van der Waals surface area contributed by atoms with Crippen LogP contribution in [-0.2, 0) is 11.2 Å². The van der Waals surface area contributed by atoms with E-state index in [0.717, 1.165) is 27.8 Å². The number of halogens is 1. The molecule has 7 nitrogen and oxygen atoms in total. The van der Waals surface area contributed by atoms with Crippen molar-refractivity contribution in [3.63, 3.8) is 0 Å². The van der Waals surface area contributed by atoms with Crippen molar-refractivity contribution in [3.05, 3.63) is 35.1 Å². The molecule has 0 saturated heterocycles. The van der Waals surface area contributed by atoms with E-state index in [1.165, 1.54) is 0 Å². The quantitative estimate of drug-likeness (QED) is 0.704. The van der Waals surface area contributed by atoms with Crippen LogP contribution in [0.2, 0.25) is 5.15 Å². The SMILES string of the molecule is CNc1nn(-c2cc3c(cc2OC)NC(=O)CC3)c2cc(Cl)ncc12. The minimum atomic E-state index is 0.0159. The molecule has 128 valence electrons. The van der Waals surface area contributed by atoms with Crippen LogP contribution in [-0.4, -0.2) is 34.8 Å². The van der Waals surface area contributed by atoms with Gasteiger partial charge in [0.15, 0.2) is 5.82 Å². The topological polar surface area (TPSA) is 81.1 Å². The highest BCUT2D eigenvalue weighted by atomic mass is 35.5. The fraction of sp³-hybridized carbons (Fsp3) is 0.235. The van der Waals surface area contributed by atoms with E-state index in [1.54, 1.807) is 31.1 Å². The molecule has 1 aliphatic rings. The van der Waals surface area contributed by atoms with Crippen molar-refractivity contribution >= 4 is 39.9 Å². The lowest BCUT2D eigenvalue weighted by Crippen LogP contribution is -2.19. The third kappa shape index (κ3) is 2.56. The van der Waals surface area contributed by atoms with E-state index in [0.29, 0.717) is 29.6 Å². The Kier molecular flexibility index (Phi) is 3.73. The van der Waals surface area contributed by atoms with Crippen molar-refractivity contribution < 1.29 is 9.53 Å². The molecule has 0 aliphatic carbocycles. The molecule has 0 saturated carbocycles. The van der Waals surface area contributed by atoms with Crippen LogP contribution in [0.4, 0.5) is 11.5 Å². The zero-order chi connectivity index (χ0) is 17.6. The molecule has 3 heterocycles. The maximum Gasteiger partial charge on any atom is 0.224 e. The van der Waals surface area contributed by atoms with Gasteiger partial charge >= 0.3 is 0 Å². The molecule has 0 spiro atoms. The molecule has 0 atom stereocenters. The second kappa shape index (κ2) is 5.93. The summed E-state index contributed by atoms with van der Waals surface area (Å²) in [5, 5.41) is 11.8. The van der Waals surface area contributed by atoms with Gasteiger partial charge in [-0.25, -0.2) is 9.67 Å². The highest BCUT2D eigenvalue weighted by Crippen LogP contribution is 2.36. The number of ether oxygens (including phenoxy) is 1. The van der Waals surface area contributed by atoms with E-state index in [9.17, 15) is 4.79 Å². The van der Waals surface area contributed by atoms with Crippen LogP contribution in [0, 0.1) is 0 Å². The number of methoxy groups -OCH3 is 1. The third-order valence-electron chi connectivity index (χ3n) is 4.30. The van der Waals surface area contributed by atoms with Crippen LogP contribution < -0.4 is 15.4 Å². The first-order chi connectivity index (χ1) is 12.1. The number of pyridine rings is 1. The Morgan fingerprint density at radius 2 is 2.16 bits per heavy atom. The summed E-state index contributed by atoms with van der Waals surface area (Å²) in [6.45, 7) is 0. The summed E-state index contributed by atoms with van der Waals surface area (Å²) < 4.78 is 7.32.